The average molecular weight is 799 g/mol. The van der Waals surface area contributed by atoms with Gasteiger partial charge in [-0.1, -0.05) is 146 Å². The lowest BCUT2D eigenvalue weighted by Crippen LogP contribution is -2.28. The predicted molar refractivity (Wildman–Crippen MR) is 224 cm³/mol. The number of aliphatic hydroxyl groups is 2. The van der Waals surface area contributed by atoms with Crippen LogP contribution in [0.15, 0.2) is 48.6 Å². The van der Waals surface area contributed by atoms with Crippen molar-refractivity contribution in [3.05, 3.63) is 48.6 Å². The molecular formula is C44H79O10P. The van der Waals surface area contributed by atoms with Crippen molar-refractivity contribution >= 4 is 19.8 Å². The highest BCUT2D eigenvalue weighted by molar-refractivity contribution is 7.47. The Labute approximate surface area is 334 Å². The summed E-state index contributed by atoms with van der Waals surface area (Å²) < 4.78 is 32.5. The van der Waals surface area contributed by atoms with Crippen LogP contribution in [0.2, 0.25) is 0 Å². The minimum absolute atomic E-state index is 0.171. The fourth-order valence-corrected chi connectivity index (χ4v) is 6.50. The van der Waals surface area contributed by atoms with E-state index in [9.17, 15) is 29.3 Å². The molecule has 0 fully saturated rings. The summed E-state index contributed by atoms with van der Waals surface area (Å²) in [7, 11) is -4.64. The van der Waals surface area contributed by atoms with Gasteiger partial charge in [-0.2, -0.15) is 0 Å². The van der Waals surface area contributed by atoms with E-state index in [4.69, 9.17) is 18.5 Å². The number of carbonyl (C=O) groups excluding carboxylic acids is 2. The smallest absolute Gasteiger partial charge is 0.457 e. The summed E-state index contributed by atoms with van der Waals surface area (Å²) in [4.78, 5) is 34.5. The molecule has 0 aliphatic rings. The van der Waals surface area contributed by atoms with Gasteiger partial charge < -0.3 is 24.6 Å². The molecule has 0 heterocycles. The molecule has 0 aromatic carbocycles. The third-order valence-corrected chi connectivity index (χ3v) is 9.98. The van der Waals surface area contributed by atoms with Crippen LogP contribution < -0.4 is 0 Å². The van der Waals surface area contributed by atoms with Gasteiger partial charge >= 0.3 is 19.8 Å². The molecule has 0 aromatic rings. The van der Waals surface area contributed by atoms with Gasteiger partial charge in [-0.05, 0) is 70.6 Å². The first kappa shape index (κ1) is 52.9. The van der Waals surface area contributed by atoms with E-state index in [1.807, 2.05) is 0 Å². The molecule has 0 bridgehead atoms. The van der Waals surface area contributed by atoms with Crippen molar-refractivity contribution < 1.29 is 47.8 Å². The molecule has 3 unspecified atom stereocenters. The quantitative estimate of drug-likeness (QED) is 0.0237. The molecule has 0 aliphatic carbocycles. The fraction of sp³-hybridized carbons (Fsp3) is 0.773. The number of phosphoric acid groups is 1. The van der Waals surface area contributed by atoms with Gasteiger partial charge in [0.05, 0.1) is 26.4 Å². The molecule has 0 spiro atoms. The lowest BCUT2D eigenvalue weighted by atomic mass is 10.1. The Kier molecular flexibility index (Phi) is 38.6. The third-order valence-electron chi connectivity index (χ3n) is 9.03. The second-order valence-electron chi connectivity index (χ2n) is 14.3. The molecule has 0 aliphatic heterocycles. The summed E-state index contributed by atoms with van der Waals surface area (Å²) >= 11 is 0. The molecule has 0 saturated heterocycles. The van der Waals surface area contributed by atoms with Crippen LogP contribution in [-0.4, -0.2) is 65.7 Å². The lowest BCUT2D eigenvalue weighted by molar-refractivity contribution is -0.153. The van der Waals surface area contributed by atoms with Crippen LogP contribution in [0.3, 0.4) is 0 Å². The van der Waals surface area contributed by atoms with Gasteiger partial charge in [0.25, 0.3) is 0 Å². The van der Waals surface area contributed by atoms with E-state index in [0.29, 0.717) is 12.8 Å². The molecule has 3 atom stereocenters. The zero-order valence-electron chi connectivity index (χ0n) is 34.6. The van der Waals surface area contributed by atoms with E-state index in [1.54, 1.807) is 0 Å². The normalized spacial score (nSPS) is 14.3. The molecule has 0 saturated carbocycles. The van der Waals surface area contributed by atoms with Crippen molar-refractivity contribution in [1.29, 1.82) is 0 Å². The molecule has 55 heavy (non-hydrogen) atoms. The SMILES string of the molecule is CC/C=C\C/C=C\C/C=C\CCCCCCCC(=O)OC(CO)COP(=O)(O)OCC(CO)OC(=O)CCCCCCCCC/C=C\CCCCCCCC. The number of esters is 2. The van der Waals surface area contributed by atoms with Crippen molar-refractivity contribution in [2.45, 2.75) is 193 Å². The Morgan fingerprint density at radius 2 is 0.855 bits per heavy atom. The maximum absolute atomic E-state index is 12.4. The summed E-state index contributed by atoms with van der Waals surface area (Å²) in [6, 6.07) is 0. The number of unbranched alkanes of at least 4 members (excludes halogenated alkanes) is 18. The molecule has 0 rings (SSSR count). The van der Waals surface area contributed by atoms with E-state index < -0.39 is 58.4 Å². The number of phosphoric ester groups is 1. The number of allylic oxidation sites excluding steroid dienone is 8. The van der Waals surface area contributed by atoms with Crippen LogP contribution in [0.5, 0.6) is 0 Å². The summed E-state index contributed by atoms with van der Waals surface area (Å²) in [5, 5.41) is 19.2. The first-order chi connectivity index (χ1) is 26.8. The van der Waals surface area contributed by atoms with Crippen molar-refractivity contribution in [2.75, 3.05) is 26.4 Å². The van der Waals surface area contributed by atoms with E-state index in [0.717, 1.165) is 77.0 Å². The maximum Gasteiger partial charge on any atom is 0.472 e. The molecule has 10 nitrogen and oxygen atoms in total. The second kappa shape index (κ2) is 40.1. The van der Waals surface area contributed by atoms with Crippen molar-refractivity contribution in [2.24, 2.45) is 0 Å². The zero-order chi connectivity index (χ0) is 40.5. The van der Waals surface area contributed by atoms with E-state index in [2.05, 4.69) is 62.5 Å². The molecule has 0 radical (unpaired) electrons. The zero-order valence-corrected chi connectivity index (χ0v) is 35.5. The molecule has 0 aromatic heterocycles. The lowest BCUT2D eigenvalue weighted by Gasteiger charge is -2.20. The van der Waals surface area contributed by atoms with Gasteiger partial charge in [-0.3, -0.25) is 18.6 Å². The van der Waals surface area contributed by atoms with Crippen LogP contribution in [0.4, 0.5) is 0 Å². The molecule has 11 heteroatoms. The first-order valence-corrected chi connectivity index (χ1v) is 23.1. The summed E-state index contributed by atoms with van der Waals surface area (Å²) in [6.45, 7) is 2.06. The van der Waals surface area contributed by atoms with Gasteiger partial charge in [0.1, 0.15) is 12.2 Å². The van der Waals surface area contributed by atoms with Crippen LogP contribution in [0.25, 0.3) is 0 Å². The molecule has 320 valence electrons. The number of carbonyl (C=O) groups is 2. The van der Waals surface area contributed by atoms with Gasteiger partial charge in [-0.25, -0.2) is 4.57 Å². The van der Waals surface area contributed by atoms with E-state index >= 15 is 0 Å². The highest BCUT2D eigenvalue weighted by Gasteiger charge is 2.27. The van der Waals surface area contributed by atoms with Gasteiger partial charge in [0.2, 0.25) is 0 Å². The van der Waals surface area contributed by atoms with Crippen molar-refractivity contribution in [3.63, 3.8) is 0 Å². The highest BCUT2D eigenvalue weighted by atomic mass is 31.2. The Morgan fingerprint density at radius 1 is 0.509 bits per heavy atom. The predicted octanol–water partition coefficient (Wildman–Crippen LogP) is 11.3. The maximum atomic E-state index is 12.4. The molecule has 0 amide bonds. The fourth-order valence-electron chi connectivity index (χ4n) is 5.71. The van der Waals surface area contributed by atoms with Crippen LogP contribution >= 0.6 is 7.82 Å². The summed E-state index contributed by atoms with van der Waals surface area (Å²) in [5.41, 5.74) is 0. The minimum atomic E-state index is -4.64. The van der Waals surface area contributed by atoms with Gasteiger partial charge in [0, 0.05) is 12.8 Å². The van der Waals surface area contributed by atoms with Crippen LogP contribution in [0, 0.1) is 0 Å². The summed E-state index contributed by atoms with van der Waals surface area (Å²) in [6.07, 6.45) is 42.2. The first-order valence-electron chi connectivity index (χ1n) is 21.6. The minimum Gasteiger partial charge on any atom is -0.457 e. The number of hydrogen-bond donors (Lipinski definition) is 3. The van der Waals surface area contributed by atoms with Gasteiger partial charge in [-0.15, -0.1) is 0 Å². The number of hydrogen-bond acceptors (Lipinski definition) is 9. The van der Waals surface area contributed by atoms with E-state index in [1.165, 1.54) is 64.2 Å². The Balaban J connectivity index is 3.95. The Hall–Kier alpha value is -2.07. The summed E-state index contributed by atoms with van der Waals surface area (Å²) in [5.74, 6) is -1.04. The third kappa shape index (κ3) is 38.6. The Morgan fingerprint density at radius 3 is 1.25 bits per heavy atom. The monoisotopic (exact) mass is 799 g/mol. The molecular weight excluding hydrogens is 719 g/mol. The standard InChI is InChI=1S/C44H79O10P/c1-3-5-7-9-11-13-15-17-19-20-22-24-26-28-30-32-34-36-44(48)54-42(38-46)40-52-55(49,50)51-39-41(37-45)53-43(47)35-33-31-29-27-25-23-21-18-16-14-12-10-8-6-4-2/h6,8,12,14,17-19,21,41-42,45-46H,3-5,7,9-11,13,15-16,20,22-40H2,1-2H3,(H,49,50)/b8-6-,14-12-,19-17-,21-18-. The van der Waals surface area contributed by atoms with Gasteiger partial charge in [0.15, 0.2) is 0 Å². The number of aliphatic hydroxyl groups excluding tert-OH is 2. The van der Waals surface area contributed by atoms with E-state index in [-0.39, 0.29) is 12.8 Å². The average Bonchev–Trinajstić information content (AvgIpc) is 3.17. The van der Waals surface area contributed by atoms with Crippen LogP contribution in [-0.2, 0) is 32.7 Å². The highest BCUT2D eigenvalue weighted by Crippen LogP contribution is 2.43. The largest absolute Gasteiger partial charge is 0.472 e. The second-order valence-corrected chi connectivity index (χ2v) is 15.7. The number of ether oxygens (including phenoxy) is 2. The Bertz CT molecular complexity index is 1060. The topological polar surface area (TPSA) is 149 Å². The van der Waals surface area contributed by atoms with Crippen LogP contribution in [0.1, 0.15) is 181 Å². The molecule has 3 N–H and O–H groups in total. The van der Waals surface area contributed by atoms with Crippen molar-refractivity contribution in [3.8, 4) is 0 Å². The van der Waals surface area contributed by atoms with Crippen molar-refractivity contribution in [1.82, 2.24) is 0 Å². The number of rotatable bonds is 40.